The minimum absolute atomic E-state index is 0.195. The molecule has 1 aliphatic rings. The Hall–Kier alpha value is -1.06. The van der Waals surface area contributed by atoms with Crippen LogP contribution in [-0.2, 0) is 13.0 Å². The van der Waals surface area contributed by atoms with Gasteiger partial charge in [-0.15, -0.1) is 0 Å². The Morgan fingerprint density at radius 3 is 2.63 bits per heavy atom. The highest BCUT2D eigenvalue weighted by atomic mass is 16.3. The second-order valence-electron chi connectivity index (χ2n) is 6.79. The second-order valence-corrected chi connectivity index (χ2v) is 6.79. The Bertz CT molecular complexity index is 437. The van der Waals surface area contributed by atoms with Crippen LogP contribution in [0.2, 0.25) is 0 Å². The number of aliphatic hydroxyl groups is 1. The van der Waals surface area contributed by atoms with E-state index in [0.717, 1.165) is 25.9 Å². The predicted octanol–water partition coefficient (Wildman–Crippen LogP) is 2.30. The molecule has 0 bridgehead atoms. The predicted molar refractivity (Wildman–Crippen MR) is 80.3 cm³/mol. The normalized spacial score (nSPS) is 20.1. The first kappa shape index (κ1) is 14.4. The van der Waals surface area contributed by atoms with Crippen LogP contribution in [0.4, 0.5) is 5.69 Å². The van der Waals surface area contributed by atoms with E-state index in [0.29, 0.717) is 6.54 Å². The fourth-order valence-electron chi connectivity index (χ4n) is 2.79. The molecule has 0 saturated carbocycles. The van der Waals surface area contributed by atoms with E-state index in [1.165, 1.54) is 16.8 Å². The van der Waals surface area contributed by atoms with Gasteiger partial charge in [-0.05, 0) is 35.4 Å². The topological polar surface area (TPSA) is 49.5 Å². The lowest BCUT2D eigenvalue weighted by Crippen LogP contribution is -2.23. The Kier molecular flexibility index (Phi) is 4.16. The summed E-state index contributed by atoms with van der Waals surface area (Å²) in [6.45, 7) is 8.96. The molecule has 0 aliphatic carbocycles. The second kappa shape index (κ2) is 5.51. The minimum atomic E-state index is -0.195. The first-order valence-electron chi connectivity index (χ1n) is 7.14. The highest BCUT2D eigenvalue weighted by Gasteiger charge is 2.22. The van der Waals surface area contributed by atoms with Crippen LogP contribution in [0.1, 0.15) is 38.3 Å². The monoisotopic (exact) mass is 262 g/mol. The zero-order valence-electron chi connectivity index (χ0n) is 12.3. The molecule has 3 heteroatoms. The summed E-state index contributed by atoms with van der Waals surface area (Å²) < 4.78 is 0. The molecular formula is C16H26N2O. The fraction of sp³-hybridized carbons (Fsp3) is 0.625. The molecule has 1 atom stereocenters. The first-order chi connectivity index (χ1) is 8.89. The lowest BCUT2D eigenvalue weighted by Gasteiger charge is -2.23. The first-order valence-corrected chi connectivity index (χ1v) is 7.14. The van der Waals surface area contributed by atoms with Crippen molar-refractivity contribution in [2.75, 3.05) is 18.0 Å². The largest absolute Gasteiger partial charge is 0.391 e. The minimum Gasteiger partial charge on any atom is -0.391 e. The van der Waals surface area contributed by atoms with Crippen molar-refractivity contribution in [3.8, 4) is 0 Å². The third kappa shape index (κ3) is 3.71. The van der Waals surface area contributed by atoms with Gasteiger partial charge in [-0.1, -0.05) is 32.9 Å². The van der Waals surface area contributed by atoms with Crippen LogP contribution in [0.25, 0.3) is 0 Å². The summed E-state index contributed by atoms with van der Waals surface area (Å²) in [6, 6.07) is 6.59. The average Bonchev–Trinajstić information content (AvgIpc) is 2.73. The van der Waals surface area contributed by atoms with Crippen LogP contribution in [0.5, 0.6) is 0 Å². The van der Waals surface area contributed by atoms with E-state index >= 15 is 0 Å². The molecule has 106 valence electrons. The van der Waals surface area contributed by atoms with E-state index in [4.69, 9.17) is 5.73 Å². The van der Waals surface area contributed by atoms with Crippen molar-refractivity contribution in [2.45, 2.75) is 46.3 Å². The number of benzene rings is 1. The molecular weight excluding hydrogens is 236 g/mol. The van der Waals surface area contributed by atoms with E-state index in [9.17, 15) is 5.11 Å². The Morgan fingerprint density at radius 2 is 2.11 bits per heavy atom. The summed E-state index contributed by atoms with van der Waals surface area (Å²) in [5, 5.41) is 9.66. The van der Waals surface area contributed by atoms with Crippen molar-refractivity contribution in [3.05, 3.63) is 29.3 Å². The molecule has 2 rings (SSSR count). The maximum absolute atomic E-state index is 9.66. The van der Waals surface area contributed by atoms with Gasteiger partial charge in [0.1, 0.15) is 0 Å². The molecule has 1 aromatic rings. The van der Waals surface area contributed by atoms with Crippen LogP contribution in [-0.4, -0.2) is 24.3 Å². The van der Waals surface area contributed by atoms with Gasteiger partial charge in [-0.3, -0.25) is 0 Å². The van der Waals surface area contributed by atoms with E-state index in [2.05, 4.69) is 43.9 Å². The van der Waals surface area contributed by atoms with E-state index in [-0.39, 0.29) is 11.5 Å². The van der Waals surface area contributed by atoms with Gasteiger partial charge in [0.2, 0.25) is 0 Å². The quantitative estimate of drug-likeness (QED) is 0.879. The number of anilines is 1. The van der Waals surface area contributed by atoms with E-state index < -0.39 is 0 Å². The van der Waals surface area contributed by atoms with Crippen molar-refractivity contribution >= 4 is 5.69 Å². The summed E-state index contributed by atoms with van der Waals surface area (Å²) in [7, 11) is 0. The molecule has 1 fully saturated rings. The molecule has 1 aromatic carbocycles. The fourth-order valence-corrected chi connectivity index (χ4v) is 2.79. The molecule has 3 nitrogen and oxygen atoms in total. The summed E-state index contributed by atoms with van der Waals surface area (Å²) in [6.07, 6.45) is 1.72. The van der Waals surface area contributed by atoms with Gasteiger partial charge < -0.3 is 15.7 Å². The van der Waals surface area contributed by atoms with Crippen LogP contribution in [0, 0.1) is 5.41 Å². The maximum atomic E-state index is 9.66. The number of rotatable bonds is 3. The van der Waals surface area contributed by atoms with Gasteiger partial charge in [0.25, 0.3) is 0 Å². The van der Waals surface area contributed by atoms with Crippen LogP contribution in [0.15, 0.2) is 18.2 Å². The summed E-state index contributed by atoms with van der Waals surface area (Å²) >= 11 is 0. The highest BCUT2D eigenvalue weighted by molar-refractivity contribution is 5.56. The molecule has 19 heavy (non-hydrogen) atoms. The summed E-state index contributed by atoms with van der Waals surface area (Å²) in [5.41, 5.74) is 9.91. The van der Waals surface area contributed by atoms with Crippen molar-refractivity contribution in [1.82, 2.24) is 0 Å². The van der Waals surface area contributed by atoms with E-state index in [1.54, 1.807) is 0 Å². The van der Waals surface area contributed by atoms with Crippen LogP contribution < -0.4 is 10.6 Å². The number of aliphatic hydroxyl groups excluding tert-OH is 1. The lowest BCUT2D eigenvalue weighted by atomic mass is 9.87. The summed E-state index contributed by atoms with van der Waals surface area (Å²) in [4.78, 5) is 2.24. The van der Waals surface area contributed by atoms with Crippen LogP contribution in [0.3, 0.4) is 0 Å². The maximum Gasteiger partial charge on any atom is 0.0731 e. The Morgan fingerprint density at radius 1 is 1.37 bits per heavy atom. The molecule has 0 unspecified atom stereocenters. The van der Waals surface area contributed by atoms with Gasteiger partial charge in [-0.25, -0.2) is 0 Å². The molecule has 1 heterocycles. The SMILES string of the molecule is CC(C)(C)Cc1ccc(N2CC[C@H](O)C2)c(CN)c1. The number of nitrogens with zero attached hydrogens (tertiary/aromatic N) is 1. The smallest absolute Gasteiger partial charge is 0.0731 e. The molecule has 3 N–H and O–H groups in total. The third-order valence-electron chi connectivity index (χ3n) is 3.60. The number of hydrogen-bond donors (Lipinski definition) is 2. The Balaban J connectivity index is 2.21. The molecule has 0 spiro atoms. The Labute approximate surface area is 116 Å². The van der Waals surface area contributed by atoms with E-state index in [1.807, 2.05) is 0 Å². The van der Waals surface area contributed by atoms with Gasteiger partial charge in [-0.2, -0.15) is 0 Å². The van der Waals surface area contributed by atoms with Crippen molar-refractivity contribution in [3.63, 3.8) is 0 Å². The molecule has 0 aromatic heterocycles. The van der Waals surface area contributed by atoms with Crippen LogP contribution >= 0.6 is 0 Å². The molecule has 1 saturated heterocycles. The highest BCUT2D eigenvalue weighted by Crippen LogP contribution is 2.28. The van der Waals surface area contributed by atoms with Gasteiger partial charge in [0.15, 0.2) is 0 Å². The number of β-amino-alcohol motifs (C(OH)–C–C–N with tert-alkyl or cyclic N) is 1. The van der Waals surface area contributed by atoms with Gasteiger partial charge in [0.05, 0.1) is 6.10 Å². The molecule has 1 aliphatic heterocycles. The molecule has 0 radical (unpaired) electrons. The molecule has 0 amide bonds. The standard InChI is InChI=1S/C16H26N2O/c1-16(2,3)9-12-4-5-15(13(8-12)10-17)18-7-6-14(19)11-18/h4-5,8,14,19H,6-7,9-11,17H2,1-3H3/t14-/m0/s1. The third-order valence-corrected chi connectivity index (χ3v) is 3.60. The van der Waals surface area contributed by atoms with Gasteiger partial charge >= 0.3 is 0 Å². The summed E-state index contributed by atoms with van der Waals surface area (Å²) in [5.74, 6) is 0. The van der Waals surface area contributed by atoms with Crippen molar-refractivity contribution in [1.29, 1.82) is 0 Å². The number of hydrogen-bond acceptors (Lipinski definition) is 3. The zero-order valence-corrected chi connectivity index (χ0v) is 12.3. The average molecular weight is 262 g/mol. The zero-order chi connectivity index (χ0) is 14.0. The lowest BCUT2D eigenvalue weighted by molar-refractivity contribution is 0.198. The number of nitrogens with two attached hydrogens (primary N) is 1. The van der Waals surface area contributed by atoms with Crippen molar-refractivity contribution in [2.24, 2.45) is 11.1 Å². The van der Waals surface area contributed by atoms with Crippen molar-refractivity contribution < 1.29 is 5.11 Å². The van der Waals surface area contributed by atoms with Gasteiger partial charge in [0, 0.05) is 25.3 Å².